The lowest BCUT2D eigenvalue weighted by Crippen LogP contribution is -2.01. The molecule has 80 valence electrons. The molecule has 2 N–H and O–H groups in total. The third-order valence-electron chi connectivity index (χ3n) is 1.94. The SMILES string of the molecule is CC(C)c1nc(Cn2cc(N)nn2)cs1. The van der Waals surface area contributed by atoms with Crippen LogP contribution >= 0.6 is 11.3 Å². The van der Waals surface area contributed by atoms with Crippen molar-refractivity contribution in [2.45, 2.75) is 26.3 Å². The monoisotopic (exact) mass is 223 g/mol. The predicted octanol–water partition coefficient (Wildman–Crippen LogP) is 1.49. The van der Waals surface area contributed by atoms with E-state index in [-0.39, 0.29) is 0 Å². The van der Waals surface area contributed by atoms with E-state index in [1.54, 1.807) is 22.2 Å². The molecule has 2 heterocycles. The second kappa shape index (κ2) is 3.98. The Hall–Kier alpha value is -1.43. The summed E-state index contributed by atoms with van der Waals surface area (Å²) in [4.78, 5) is 4.50. The zero-order valence-corrected chi connectivity index (χ0v) is 9.53. The van der Waals surface area contributed by atoms with E-state index in [1.165, 1.54) is 0 Å². The number of nitrogen functional groups attached to an aromatic ring is 1. The fourth-order valence-electron chi connectivity index (χ4n) is 1.22. The summed E-state index contributed by atoms with van der Waals surface area (Å²) in [5, 5.41) is 10.8. The molecule has 0 aliphatic carbocycles. The van der Waals surface area contributed by atoms with Gasteiger partial charge in [0.25, 0.3) is 0 Å². The van der Waals surface area contributed by atoms with Crippen LogP contribution in [0.5, 0.6) is 0 Å². The van der Waals surface area contributed by atoms with Gasteiger partial charge in [-0.05, 0) is 0 Å². The topological polar surface area (TPSA) is 69.6 Å². The molecule has 0 aromatic carbocycles. The summed E-state index contributed by atoms with van der Waals surface area (Å²) in [6.45, 7) is 4.90. The van der Waals surface area contributed by atoms with Crippen LogP contribution in [0.3, 0.4) is 0 Å². The smallest absolute Gasteiger partial charge is 0.165 e. The van der Waals surface area contributed by atoms with E-state index in [2.05, 4.69) is 29.1 Å². The maximum absolute atomic E-state index is 5.47. The lowest BCUT2D eigenvalue weighted by molar-refractivity contribution is 0.638. The molecule has 0 bridgehead atoms. The summed E-state index contributed by atoms with van der Waals surface area (Å²) in [5.41, 5.74) is 6.48. The van der Waals surface area contributed by atoms with Crippen molar-refractivity contribution in [1.29, 1.82) is 0 Å². The molecule has 0 spiro atoms. The lowest BCUT2D eigenvalue weighted by Gasteiger charge is -1.97. The zero-order chi connectivity index (χ0) is 10.8. The molecule has 0 saturated carbocycles. The van der Waals surface area contributed by atoms with Crippen molar-refractivity contribution in [2.24, 2.45) is 0 Å². The Kier molecular flexibility index (Phi) is 2.68. The molecule has 2 aromatic rings. The molecule has 0 saturated heterocycles. The highest BCUT2D eigenvalue weighted by Gasteiger charge is 2.06. The Morgan fingerprint density at radius 3 is 2.87 bits per heavy atom. The molecule has 0 aliphatic heterocycles. The molecular weight excluding hydrogens is 210 g/mol. The summed E-state index contributed by atoms with van der Waals surface area (Å²) in [6, 6.07) is 0. The molecule has 5 nitrogen and oxygen atoms in total. The van der Waals surface area contributed by atoms with Crippen molar-refractivity contribution in [3.8, 4) is 0 Å². The molecule has 2 aromatic heterocycles. The van der Waals surface area contributed by atoms with Crippen molar-refractivity contribution in [1.82, 2.24) is 20.0 Å². The van der Waals surface area contributed by atoms with E-state index < -0.39 is 0 Å². The van der Waals surface area contributed by atoms with Crippen LogP contribution in [0, 0.1) is 0 Å². The first-order chi connectivity index (χ1) is 7.15. The van der Waals surface area contributed by atoms with Gasteiger partial charge in [-0.15, -0.1) is 16.4 Å². The number of thiazole rings is 1. The number of hydrogen-bond donors (Lipinski definition) is 1. The van der Waals surface area contributed by atoms with Crippen LogP contribution in [0.4, 0.5) is 5.82 Å². The maximum Gasteiger partial charge on any atom is 0.165 e. The largest absolute Gasteiger partial charge is 0.381 e. The highest BCUT2D eigenvalue weighted by molar-refractivity contribution is 7.09. The van der Waals surface area contributed by atoms with Gasteiger partial charge in [-0.2, -0.15) is 0 Å². The van der Waals surface area contributed by atoms with E-state index in [4.69, 9.17) is 5.73 Å². The molecule has 0 atom stereocenters. The first-order valence-electron chi connectivity index (χ1n) is 4.75. The number of nitrogens with two attached hydrogens (primary N) is 1. The second-order valence-corrected chi connectivity index (χ2v) is 4.56. The number of aromatic nitrogens is 4. The standard InChI is InChI=1S/C9H13N5S/c1-6(2)9-11-7(5-15-9)3-14-4-8(10)12-13-14/h4-6H,3,10H2,1-2H3. The van der Waals surface area contributed by atoms with E-state index in [0.29, 0.717) is 18.3 Å². The van der Waals surface area contributed by atoms with E-state index in [9.17, 15) is 0 Å². The fraction of sp³-hybridized carbons (Fsp3) is 0.444. The molecule has 0 amide bonds. The average molecular weight is 223 g/mol. The molecule has 6 heteroatoms. The average Bonchev–Trinajstić information content (AvgIpc) is 2.76. The van der Waals surface area contributed by atoms with Gasteiger partial charge in [0.15, 0.2) is 5.82 Å². The van der Waals surface area contributed by atoms with Crippen LogP contribution in [-0.4, -0.2) is 20.0 Å². The first-order valence-corrected chi connectivity index (χ1v) is 5.63. The van der Waals surface area contributed by atoms with Crippen molar-refractivity contribution in [3.05, 3.63) is 22.3 Å². The quantitative estimate of drug-likeness (QED) is 0.855. The number of rotatable bonds is 3. The van der Waals surface area contributed by atoms with Crippen molar-refractivity contribution < 1.29 is 0 Å². The molecule has 0 aliphatic rings. The number of hydrogen-bond acceptors (Lipinski definition) is 5. The first kappa shape index (κ1) is 10.1. The Balaban J connectivity index is 2.11. The molecule has 2 rings (SSSR count). The predicted molar refractivity (Wildman–Crippen MR) is 59.7 cm³/mol. The van der Waals surface area contributed by atoms with Gasteiger partial charge in [0.1, 0.15) is 0 Å². The van der Waals surface area contributed by atoms with Crippen LogP contribution in [0.2, 0.25) is 0 Å². The van der Waals surface area contributed by atoms with Crippen LogP contribution in [0.15, 0.2) is 11.6 Å². The van der Waals surface area contributed by atoms with Gasteiger partial charge < -0.3 is 5.73 Å². The van der Waals surface area contributed by atoms with Crippen LogP contribution in [-0.2, 0) is 6.54 Å². The van der Waals surface area contributed by atoms with Crippen molar-refractivity contribution in [3.63, 3.8) is 0 Å². The minimum atomic E-state index is 0.439. The zero-order valence-electron chi connectivity index (χ0n) is 8.71. The van der Waals surface area contributed by atoms with Crippen LogP contribution < -0.4 is 5.73 Å². The Labute approximate surface area is 91.9 Å². The van der Waals surface area contributed by atoms with Crippen molar-refractivity contribution in [2.75, 3.05) is 5.73 Å². The summed E-state index contributed by atoms with van der Waals surface area (Å²) in [7, 11) is 0. The highest BCUT2D eigenvalue weighted by atomic mass is 32.1. The molecule has 0 unspecified atom stereocenters. The van der Waals surface area contributed by atoms with Gasteiger partial charge in [-0.25, -0.2) is 9.67 Å². The van der Waals surface area contributed by atoms with Gasteiger partial charge >= 0.3 is 0 Å². The fourth-order valence-corrected chi connectivity index (χ4v) is 2.04. The van der Waals surface area contributed by atoms with Crippen molar-refractivity contribution >= 4 is 17.2 Å². The summed E-state index contributed by atoms with van der Waals surface area (Å²) < 4.78 is 1.69. The summed E-state index contributed by atoms with van der Waals surface area (Å²) in [6.07, 6.45) is 1.70. The number of nitrogens with zero attached hydrogens (tertiary/aromatic N) is 4. The molecule has 0 fully saturated rings. The van der Waals surface area contributed by atoms with E-state index >= 15 is 0 Å². The van der Waals surface area contributed by atoms with Gasteiger partial charge in [0.05, 0.1) is 23.4 Å². The maximum atomic E-state index is 5.47. The third kappa shape index (κ3) is 2.33. The number of anilines is 1. The van der Waals surface area contributed by atoms with Gasteiger partial charge in [0.2, 0.25) is 0 Å². The minimum absolute atomic E-state index is 0.439. The molecular formula is C9H13N5S. The van der Waals surface area contributed by atoms with Crippen LogP contribution in [0.25, 0.3) is 0 Å². The van der Waals surface area contributed by atoms with E-state index in [1.807, 2.05) is 5.38 Å². The molecule has 15 heavy (non-hydrogen) atoms. The van der Waals surface area contributed by atoms with Gasteiger partial charge in [-0.3, -0.25) is 0 Å². The Bertz CT molecular complexity index is 445. The van der Waals surface area contributed by atoms with Gasteiger partial charge in [-0.1, -0.05) is 19.1 Å². The lowest BCUT2D eigenvalue weighted by atomic mass is 10.2. The van der Waals surface area contributed by atoms with Gasteiger partial charge in [0, 0.05) is 11.3 Å². The summed E-state index contributed by atoms with van der Waals surface area (Å²) >= 11 is 1.68. The minimum Gasteiger partial charge on any atom is -0.381 e. The molecule has 0 radical (unpaired) electrons. The van der Waals surface area contributed by atoms with E-state index in [0.717, 1.165) is 10.7 Å². The summed E-state index contributed by atoms with van der Waals surface area (Å²) in [5.74, 6) is 0.916. The Morgan fingerprint density at radius 1 is 1.53 bits per heavy atom. The second-order valence-electron chi connectivity index (χ2n) is 3.67. The Morgan fingerprint density at radius 2 is 2.33 bits per heavy atom. The third-order valence-corrected chi connectivity index (χ3v) is 3.14. The van der Waals surface area contributed by atoms with Crippen LogP contribution in [0.1, 0.15) is 30.5 Å². The normalized spacial score (nSPS) is 11.1. The highest BCUT2D eigenvalue weighted by Crippen LogP contribution is 2.19.